The molecule has 0 bridgehead atoms. The maximum atomic E-state index is 12.5. The van der Waals surface area contributed by atoms with E-state index >= 15 is 0 Å². The van der Waals surface area contributed by atoms with Gasteiger partial charge in [-0.2, -0.15) is 0 Å². The van der Waals surface area contributed by atoms with Gasteiger partial charge in [0.15, 0.2) is 6.61 Å². The second kappa shape index (κ2) is 9.34. The first-order valence-electron chi connectivity index (χ1n) is 9.95. The van der Waals surface area contributed by atoms with Crippen molar-refractivity contribution < 1.29 is 19.4 Å². The molecule has 0 aliphatic rings. The van der Waals surface area contributed by atoms with Crippen molar-refractivity contribution in [2.24, 2.45) is 0 Å². The molecule has 3 N–H and O–H groups in total. The normalized spacial score (nSPS) is 10.9. The van der Waals surface area contributed by atoms with Crippen LogP contribution in [0.15, 0.2) is 72.8 Å². The fourth-order valence-electron chi connectivity index (χ4n) is 2.89. The Labute approximate surface area is 181 Å². The minimum Gasteiger partial charge on any atom is -0.506 e. The molecule has 0 aliphatic heterocycles. The van der Waals surface area contributed by atoms with Gasteiger partial charge in [-0.05, 0) is 47.4 Å². The number of aromatic hydroxyl groups is 1. The zero-order valence-electron chi connectivity index (χ0n) is 17.8. The number of anilines is 2. The van der Waals surface area contributed by atoms with Crippen molar-refractivity contribution in [2.75, 3.05) is 17.2 Å². The number of nitrogens with one attached hydrogen (secondary N) is 2. The zero-order chi connectivity index (χ0) is 22.4. The molecule has 0 unspecified atom stereocenters. The summed E-state index contributed by atoms with van der Waals surface area (Å²) in [6.45, 7) is 6.16. The molecule has 160 valence electrons. The van der Waals surface area contributed by atoms with Crippen LogP contribution in [0.5, 0.6) is 11.5 Å². The van der Waals surface area contributed by atoms with Crippen molar-refractivity contribution in [3.05, 3.63) is 83.9 Å². The molecular weight excluding hydrogens is 392 g/mol. The summed E-state index contributed by atoms with van der Waals surface area (Å²) in [6, 6.07) is 20.9. The van der Waals surface area contributed by atoms with Crippen molar-refractivity contribution in [3.63, 3.8) is 0 Å². The molecule has 0 radical (unpaired) electrons. The Morgan fingerprint density at radius 2 is 1.58 bits per heavy atom. The number of hydrogen-bond acceptors (Lipinski definition) is 4. The van der Waals surface area contributed by atoms with E-state index in [4.69, 9.17) is 4.74 Å². The molecule has 0 aromatic heterocycles. The van der Waals surface area contributed by atoms with E-state index in [0.29, 0.717) is 17.0 Å². The Morgan fingerprint density at radius 3 is 2.19 bits per heavy atom. The number of ether oxygens (including phenoxy) is 1. The highest BCUT2D eigenvalue weighted by Gasteiger charge is 2.15. The molecule has 0 atom stereocenters. The molecule has 6 nitrogen and oxygen atoms in total. The van der Waals surface area contributed by atoms with Crippen LogP contribution in [0, 0.1) is 0 Å². The lowest BCUT2D eigenvalue weighted by Crippen LogP contribution is -2.20. The number of rotatable bonds is 6. The number of para-hydroxylation sites is 1. The lowest BCUT2D eigenvalue weighted by molar-refractivity contribution is -0.118. The standard InChI is InChI=1S/C25H26N2O4/c1-25(2,3)18-11-9-17(10-12-18)24(30)27-21-14-13-19(15-22(21)28)26-23(29)16-31-20-7-5-4-6-8-20/h4-15,28H,16H2,1-3H3,(H,26,29)(H,27,30). The predicted octanol–water partition coefficient (Wildman–Crippen LogP) is 4.96. The first-order chi connectivity index (χ1) is 14.7. The van der Waals surface area contributed by atoms with Gasteiger partial charge in [0.1, 0.15) is 11.5 Å². The van der Waals surface area contributed by atoms with Gasteiger partial charge in [0.05, 0.1) is 5.69 Å². The van der Waals surface area contributed by atoms with E-state index in [9.17, 15) is 14.7 Å². The fraction of sp³-hybridized carbons (Fsp3) is 0.200. The average molecular weight is 418 g/mol. The number of carbonyl (C=O) groups is 2. The van der Waals surface area contributed by atoms with Crippen LogP contribution in [0.3, 0.4) is 0 Å². The van der Waals surface area contributed by atoms with Crippen LogP contribution in [0.2, 0.25) is 0 Å². The van der Waals surface area contributed by atoms with Crippen LogP contribution in [-0.2, 0) is 10.2 Å². The largest absolute Gasteiger partial charge is 0.506 e. The third-order valence-corrected chi connectivity index (χ3v) is 4.66. The van der Waals surface area contributed by atoms with E-state index in [0.717, 1.165) is 5.56 Å². The molecule has 0 aliphatic carbocycles. The Balaban J connectivity index is 1.58. The smallest absolute Gasteiger partial charge is 0.262 e. The molecule has 0 fully saturated rings. The lowest BCUT2D eigenvalue weighted by Gasteiger charge is -2.19. The van der Waals surface area contributed by atoms with Gasteiger partial charge in [-0.3, -0.25) is 9.59 Å². The first kappa shape index (κ1) is 21.9. The van der Waals surface area contributed by atoms with E-state index in [1.807, 2.05) is 30.3 Å². The second-order valence-electron chi connectivity index (χ2n) is 8.16. The quantitative estimate of drug-likeness (QED) is 0.494. The average Bonchev–Trinajstić information content (AvgIpc) is 2.74. The van der Waals surface area contributed by atoms with Gasteiger partial charge in [-0.15, -0.1) is 0 Å². The number of amides is 2. The molecule has 0 heterocycles. The third-order valence-electron chi connectivity index (χ3n) is 4.66. The Kier molecular flexibility index (Phi) is 6.60. The Hall–Kier alpha value is -3.80. The summed E-state index contributed by atoms with van der Waals surface area (Å²) >= 11 is 0. The summed E-state index contributed by atoms with van der Waals surface area (Å²) in [5.41, 5.74) is 2.26. The monoisotopic (exact) mass is 418 g/mol. The molecule has 3 aromatic rings. The summed E-state index contributed by atoms with van der Waals surface area (Å²) < 4.78 is 5.39. The predicted molar refractivity (Wildman–Crippen MR) is 122 cm³/mol. The highest BCUT2D eigenvalue weighted by Crippen LogP contribution is 2.28. The van der Waals surface area contributed by atoms with Crippen LogP contribution in [0.4, 0.5) is 11.4 Å². The lowest BCUT2D eigenvalue weighted by atomic mass is 9.87. The summed E-state index contributed by atoms with van der Waals surface area (Å²) in [6.07, 6.45) is 0. The number of benzene rings is 3. The zero-order valence-corrected chi connectivity index (χ0v) is 17.8. The fourth-order valence-corrected chi connectivity index (χ4v) is 2.89. The van der Waals surface area contributed by atoms with Crippen LogP contribution >= 0.6 is 0 Å². The summed E-state index contributed by atoms with van der Waals surface area (Å²) in [5.74, 6) is -0.252. The van der Waals surface area contributed by atoms with Crippen molar-refractivity contribution >= 4 is 23.2 Å². The molecule has 0 saturated heterocycles. The molecule has 31 heavy (non-hydrogen) atoms. The van der Waals surface area contributed by atoms with Crippen molar-refractivity contribution in [2.45, 2.75) is 26.2 Å². The van der Waals surface area contributed by atoms with Gasteiger partial charge < -0.3 is 20.5 Å². The molecule has 0 spiro atoms. The van der Waals surface area contributed by atoms with E-state index in [-0.39, 0.29) is 35.3 Å². The minimum atomic E-state index is -0.362. The molecule has 3 aromatic carbocycles. The summed E-state index contributed by atoms with van der Waals surface area (Å²) in [5, 5.41) is 15.6. The highest BCUT2D eigenvalue weighted by atomic mass is 16.5. The van der Waals surface area contributed by atoms with E-state index in [2.05, 4.69) is 31.4 Å². The van der Waals surface area contributed by atoms with Crippen molar-refractivity contribution in [1.29, 1.82) is 0 Å². The SMILES string of the molecule is CC(C)(C)c1ccc(C(=O)Nc2ccc(NC(=O)COc3ccccc3)cc2O)cc1. The topological polar surface area (TPSA) is 87.7 Å². The van der Waals surface area contributed by atoms with Crippen LogP contribution in [-0.4, -0.2) is 23.5 Å². The number of phenolic OH excluding ortho intramolecular Hbond substituents is 1. The first-order valence-corrected chi connectivity index (χ1v) is 9.95. The van der Waals surface area contributed by atoms with E-state index in [1.165, 1.54) is 12.1 Å². The number of carbonyl (C=O) groups excluding carboxylic acids is 2. The minimum absolute atomic E-state index is 0.000322. The van der Waals surface area contributed by atoms with Gasteiger partial charge in [0.25, 0.3) is 11.8 Å². The summed E-state index contributed by atoms with van der Waals surface area (Å²) in [4.78, 5) is 24.6. The second-order valence-corrected chi connectivity index (χ2v) is 8.16. The van der Waals surface area contributed by atoms with Gasteiger partial charge in [-0.1, -0.05) is 51.1 Å². The van der Waals surface area contributed by atoms with Gasteiger partial charge in [0, 0.05) is 17.3 Å². The van der Waals surface area contributed by atoms with E-state index < -0.39 is 0 Å². The van der Waals surface area contributed by atoms with Crippen molar-refractivity contribution in [1.82, 2.24) is 0 Å². The molecule has 2 amide bonds. The summed E-state index contributed by atoms with van der Waals surface area (Å²) in [7, 11) is 0. The number of hydrogen-bond donors (Lipinski definition) is 3. The maximum absolute atomic E-state index is 12.5. The Morgan fingerprint density at radius 1 is 0.903 bits per heavy atom. The van der Waals surface area contributed by atoms with E-state index in [1.54, 1.807) is 30.3 Å². The van der Waals surface area contributed by atoms with Gasteiger partial charge >= 0.3 is 0 Å². The molecular formula is C25H26N2O4. The molecule has 3 rings (SSSR count). The van der Waals surface area contributed by atoms with Crippen LogP contribution in [0.25, 0.3) is 0 Å². The molecule has 0 saturated carbocycles. The number of phenols is 1. The van der Waals surface area contributed by atoms with Crippen LogP contribution in [0.1, 0.15) is 36.7 Å². The highest BCUT2D eigenvalue weighted by molar-refractivity contribution is 6.05. The maximum Gasteiger partial charge on any atom is 0.262 e. The Bertz CT molecular complexity index is 1060. The van der Waals surface area contributed by atoms with Crippen LogP contribution < -0.4 is 15.4 Å². The van der Waals surface area contributed by atoms with Gasteiger partial charge in [0.2, 0.25) is 0 Å². The molecule has 6 heteroatoms. The third kappa shape index (κ3) is 6.09. The van der Waals surface area contributed by atoms with Crippen molar-refractivity contribution in [3.8, 4) is 11.5 Å². The van der Waals surface area contributed by atoms with Gasteiger partial charge in [-0.25, -0.2) is 0 Å².